The monoisotopic (exact) mass is 521 g/mol. The van der Waals surface area contributed by atoms with Crippen LogP contribution in [0.4, 0.5) is 0 Å². The highest BCUT2D eigenvalue weighted by Gasteiger charge is 2.82. The molecule has 4 bridgehead atoms. The molecule has 0 aromatic heterocycles. The Labute approximate surface area is 223 Å². The standard InChI is InChI=1S/C31H36ClNO4/c1-28(35,20-6-8-21(32)9-7-20)23-16-29-11-12-31(23,36-2)27-30(29)13-14-33(17-18-3-4-18)24(29)15-19-5-10-22(34)26(37-27)25(19)30/h5-10,18,23-24,27,34-35H,3-4,11-17H2,1-2H3/t23-,24-,27-,28?,29-,30+,31-/m1/s1. The van der Waals surface area contributed by atoms with Crippen molar-refractivity contribution in [1.82, 2.24) is 4.90 Å². The summed E-state index contributed by atoms with van der Waals surface area (Å²) in [6.45, 7) is 4.20. The Kier molecular flexibility index (Phi) is 4.52. The molecule has 6 heteroatoms. The molecule has 2 spiro atoms. The van der Waals surface area contributed by atoms with Crippen molar-refractivity contribution < 1.29 is 19.7 Å². The fourth-order valence-electron chi connectivity index (χ4n) is 10.0. The van der Waals surface area contributed by atoms with Gasteiger partial charge in [-0.15, -0.1) is 0 Å². The first-order valence-corrected chi connectivity index (χ1v) is 14.4. The van der Waals surface area contributed by atoms with Crippen LogP contribution in [0.5, 0.6) is 11.5 Å². The van der Waals surface area contributed by atoms with Crippen molar-refractivity contribution >= 4 is 11.6 Å². The number of halogens is 1. The number of ether oxygens (including phenoxy) is 2. The van der Waals surface area contributed by atoms with Crippen molar-refractivity contribution in [2.45, 2.75) is 80.6 Å². The Morgan fingerprint density at radius 2 is 1.92 bits per heavy atom. The van der Waals surface area contributed by atoms with Gasteiger partial charge in [0.05, 0.1) is 5.60 Å². The molecule has 7 atom stereocenters. The number of aromatic hydroxyl groups is 1. The Morgan fingerprint density at radius 1 is 1.14 bits per heavy atom. The molecular weight excluding hydrogens is 486 g/mol. The Bertz CT molecular complexity index is 1290. The molecule has 2 aromatic carbocycles. The molecule has 9 rings (SSSR count). The zero-order chi connectivity index (χ0) is 25.4. The van der Waals surface area contributed by atoms with E-state index in [1.165, 1.54) is 30.5 Å². The maximum absolute atomic E-state index is 12.4. The van der Waals surface area contributed by atoms with Crippen LogP contribution in [0.1, 0.15) is 62.1 Å². The first kappa shape index (κ1) is 23.1. The molecule has 2 N–H and O–H groups in total. The number of methoxy groups -OCH3 is 1. The van der Waals surface area contributed by atoms with Crippen molar-refractivity contribution in [1.29, 1.82) is 0 Å². The van der Waals surface area contributed by atoms with Gasteiger partial charge in [-0.25, -0.2) is 0 Å². The van der Waals surface area contributed by atoms with Gasteiger partial charge in [-0.2, -0.15) is 0 Å². The zero-order valence-electron chi connectivity index (χ0n) is 21.7. The molecule has 1 saturated heterocycles. The van der Waals surface area contributed by atoms with E-state index in [0.29, 0.717) is 16.8 Å². The summed E-state index contributed by atoms with van der Waals surface area (Å²) in [5.74, 6) is 1.59. The SMILES string of the molecule is CO[C@]12CC[C@@]3(C[C@@H]1C(C)(O)c1ccc(Cl)cc1)[C@H]1Cc4ccc(O)c5c4[C@@]3(CCN1CC1CC1)[C@H]2O5. The number of nitrogens with zero attached hydrogens (tertiary/aromatic N) is 1. The van der Waals surface area contributed by atoms with Crippen LogP contribution in [0.2, 0.25) is 5.02 Å². The molecule has 4 saturated carbocycles. The summed E-state index contributed by atoms with van der Waals surface area (Å²) in [5, 5.41) is 24.1. The summed E-state index contributed by atoms with van der Waals surface area (Å²) in [6.07, 6.45) is 7.27. The molecule has 5 fully saturated rings. The summed E-state index contributed by atoms with van der Waals surface area (Å²) in [6, 6.07) is 12.0. The predicted molar refractivity (Wildman–Crippen MR) is 141 cm³/mol. The van der Waals surface area contributed by atoms with E-state index in [9.17, 15) is 10.2 Å². The lowest BCUT2D eigenvalue weighted by Crippen LogP contribution is -2.82. The first-order valence-electron chi connectivity index (χ1n) is 14.1. The molecule has 5 aliphatic carbocycles. The molecule has 1 unspecified atom stereocenters. The van der Waals surface area contributed by atoms with Gasteiger partial charge in [-0.1, -0.05) is 29.8 Å². The molecule has 0 amide bonds. The third-order valence-corrected chi connectivity index (χ3v) is 12.0. The summed E-state index contributed by atoms with van der Waals surface area (Å²) >= 11 is 6.23. The van der Waals surface area contributed by atoms with Crippen LogP contribution in [-0.4, -0.2) is 53.1 Å². The van der Waals surface area contributed by atoms with E-state index < -0.39 is 11.2 Å². The Morgan fingerprint density at radius 3 is 2.65 bits per heavy atom. The predicted octanol–water partition coefficient (Wildman–Crippen LogP) is 5.18. The number of phenolic OH excluding ortho intramolecular Hbond substituents is 1. The summed E-state index contributed by atoms with van der Waals surface area (Å²) in [4.78, 5) is 2.80. The molecule has 0 radical (unpaired) electrons. The minimum absolute atomic E-state index is 0.0296. The van der Waals surface area contributed by atoms with Crippen LogP contribution in [0, 0.1) is 17.3 Å². The van der Waals surface area contributed by atoms with E-state index in [1.54, 1.807) is 7.11 Å². The van der Waals surface area contributed by atoms with E-state index in [1.807, 2.05) is 37.3 Å². The van der Waals surface area contributed by atoms with Gasteiger partial charge in [-0.3, -0.25) is 4.90 Å². The molecule has 37 heavy (non-hydrogen) atoms. The lowest BCUT2D eigenvalue weighted by atomic mass is 9.33. The van der Waals surface area contributed by atoms with E-state index in [2.05, 4.69) is 11.0 Å². The summed E-state index contributed by atoms with van der Waals surface area (Å²) in [7, 11) is 1.80. The van der Waals surface area contributed by atoms with E-state index in [0.717, 1.165) is 50.1 Å². The van der Waals surface area contributed by atoms with Gasteiger partial charge in [-0.05, 0) is 93.7 Å². The molecule has 5 nitrogen and oxygen atoms in total. The number of likely N-dealkylation sites (tertiary alicyclic amines) is 1. The molecule has 2 aromatic rings. The van der Waals surface area contributed by atoms with Gasteiger partial charge in [0, 0.05) is 47.0 Å². The number of aliphatic hydroxyl groups is 1. The number of rotatable bonds is 5. The molecule has 2 heterocycles. The van der Waals surface area contributed by atoms with Crippen molar-refractivity contribution in [3.05, 3.63) is 58.1 Å². The van der Waals surface area contributed by atoms with Crippen LogP contribution in [0.25, 0.3) is 0 Å². The molecule has 2 aliphatic heterocycles. The normalized spacial score (nSPS) is 40.7. The highest BCUT2D eigenvalue weighted by molar-refractivity contribution is 6.30. The number of phenols is 1. The van der Waals surface area contributed by atoms with Crippen molar-refractivity contribution in [3.63, 3.8) is 0 Å². The minimum Gasteiger partial charge on any atom is -0.504 e. The van der Waals surface area contributed by atoms with Gasteiger partial charge < -0.3 is 19.7 Å². The van der Waals surface area contributed by atoms with Crippen molar-refractivity contribution in [3.8, 4) is 11.5 Å². The largest absolute Gasteiger partial charge is 0.504 e. The van der Waals surface area contributed by atoms with Crippen LogP contribution < -0.4 is 4.74 Å². The van der Waals surface area contributed by atoms with Gasteiger partial charge >= 0.3 is 0 Å². The van der Waals surface area contributed by atoms with Gasteiger partial charge in [0.2, 0.25) is 0 Å². The number of fused-ring (bicyclic) bond motifs is 2. The average Bonchev–Trinajstić information content (AvgIpc) is 3.64. The fraction of sp³-hybridized carbons (Fsp3) is 0.613. The summed E-state index contributed by atoms with van der Waals surface area (Å²) < 4.78 is 13.5. The first-order chi connectivity index (χ1) is 17.8. The third kappa shape index (κ3) is 2.63. The second kappa shape index (κ2) is 7.24. The maximum Gasteiger partial charge on any atom is 0.165 e. The lowest BCUT2D eigenvalue weighted by molar-refractivity contribution is -0.304. The van der Waals surface area contributed by atoms with Crippen molar-refractivity contribution in [2.24, 2.45) is 17.3 Å². The van der Waals surface area contributed by atoms with Crippen LogP contribution in [0.15, 0.2) is 36.4 Å². The van der Waals surface area contributed by atoms with Gasteiger partial charge in [0.25, 0.3) is 0 Å². The maximum atomic E-state index is 12.4. The average molecular weight is 522 g/mol. The van der Waals surface area contributed by atoms with Crippen LogP contribution in [0.3, 0.4) is 0 Å². The Balaban J connectivity index is 1.34. The number of hydrogen-bond acceptors (Lipinski definition) is 5. The van der Waals surface area contributed by atoms with E-state index in [-0.39, 0.29) is 28.6 Å². The topological polar surface area (TPSA) is 62.2 Å². The van der Waals surface area contributed by atoms with Crippen LogP contribution >= 0.6 is 11.6 Å². The quantitative estimate of drug-likeness (QED) is 0.568. The second-order valence-electron chi connectivity index (χ2n) is 13.1. The highest BCUT2D eigenvalue weighted by atomic mass is 35.5. The third-order valence-electron chi connectivity index (χ3n) is 11.8. The number of piperidine rings is 1. The summed E-state index contributed by atoms with van der Waals surface area (Å²) in [5.41, 5.74) is 1.46. The smallest absolute Gasteiger partial charge is 0.165 e. The highest BCUT2D eigenvalue weighted by Crippen LogP contribution is 2.78. The number of hydrogen-bond donors (Lipinski definition) is 2. The van der Waals surface area contributed by atoms with Crippen molar-refractivity contribution in [2.75, 3.05) is 20.2 Å². The fourth-order valence-corrected chi connectivity index (χ4v) is 10.2. The van der Waals surface area contributed by atoms with E-state index in [4.69, 9.17) is 21.1 Å². The zero-order valence-corrected chi connectivity index (χ0v) is 22.4. The molecule has 7 aliphatic rings. The molecule has 196 valence electrons. The molecular formula is C31H36ClNO4. The van der Waals surface area contributed by atoms with Crippen LogP contribution in [-0.2, 0) is 22.2 Å². The minimum atomic E-state index is -1.12. The van der Waals surface area contributed by atoms with Gasteiger partial charge in [0.15, 0.2) is 11.5 Å². The lowest BCUT2D eigenvalue weighted by Gasteiger charge is -2.75. The van der Waals surface area contributed by atoms with Gasteiger partial charge in [0.1, 0.15) is 11.7 Å². The van der Waals surface area contributed by atoms with E-state index >= 15 is 0 Å². The number of benzene rings is 2. The Hall–Kier alpha value is -1.79. The second-order valence-corrected chi connectivity index (χ2v) is 13.5.